The molecule has 0 N–H and O–H groups in total. The van der Waals surface area contributed by atoms with Crippen LogP contribution in [0.1, 0.15) is 34.6 Å². The molecule has 0 bridgehead atoms. The van der Waals surface area contributed by atoms with Gasteiger partial charge in [-0.2, -0.15) is 5.10 Å². The van der Waals surface area contributed by atoms with Gasteiger partial charge < -0.3 is 9.53 Å². The average Bonchev–Trinajstić information content (AvgIpc) is 2.47. The molecule has 1 aliphatic rings. The minimum absolute atomic E-state index is 0.0883. The average molecular weight is 280 g/mol. The Morgan fingerprint density at radius 2 is 1.75 bits per heavy atom. The third-order valence-corrected chi connectivity index (χ3v) is 2.36. The summed E-state index contributed by atoms with van der Waals surface area (Å²) in [6.07, 6.45) is 7.85. The molecule has 0 aromatic carbocycles. The van der Waals surface area contributed by atoms with Crippen molar-refractivity contribution in [2.45, 2.75) is 40.7 Å². The van der Waals surface area contributed by atoms with Crippen molar-refractivity contribution >= 4 is 13.5 Å². The number of methoxy groups -OCH3 is 1. The van der Waals surface area contributed by atoms with Gasteiger partial charge in [-0.05, 0) is 37.5 Å². The maximum absolute atomic E-state index is 8.00. The molecule has 0 aliphatic carbocycles. The minimum atomic E-state index is 0.0883. The van der Waals surface area contributed by atoms with Gasteiger partial charge in [0.05, 0.1) is 11.8 Å². The van der Waals surface area contributed by atoms with E-state index in [4.69, 9.17) is 9.53 Å². The molecule has 1 rings (SSSR count). The summed E-state index contributed by atoms with van der Waals surface area (Å²) in [5.74, 6) is 0.833. The summed E-state index contributed by atoms with van der Waals surface area (Å²) in [5, 5.41) is 5.64. The molecule has 0 aromatic heterocycles. The molecule has 0 amide bonds. The number of nitrogens with zero attached hydrogens (tertiary/aromatic N) is 2. The number of hydrogen-bond donors (Lipinski definition) is 0. The molecule has 0 saturated heterocycles. The first-order valence-electron chi connectivity index (χ1n) is 6.57. The molecule has 0 radical (unpaired) electrons. The molecule has 0 saturated carbocycles. The van der Waals surface area contributed by atoms with Crippen molar-refractivity contribution < 1.29 is 9.53 Å². The molecule has 0 aromatic rings. The van der Waals surface area contributed by atoms with Gasteiger partial charge in [-0.15, -0.1) is 0 Å². The molecular formula is C16H28N2O2. The zero-order valence-electron chi connectivity index (χ0n) is 13.6. The Labute approximate surface area is 123 Å². The highest BCUT2D eigenvalue weighted by Crippen LogP contribution is 2.19. The van der Waals surface area contributed by atoms with Gasteiger partial charge in [-0.25, -0.2) is 5.01 Å². The predicted octanol–water partition coefficient (Wildman–Crippen LogP) is 3.77. The highest BCUT2D eigenvalue weighted by atomic mass is 16.5. The van der Waals surface area contributed by atoms with Gasteiger partial charge >= 0.3 is 0 Å². The maximum atomic E-state index is 8.00. The zero-order valence-corrected chi connectivity index (χ0v) is 13.6. The standard InChI is InChI=1S/C11H16N2O.C4H10.CH2O/c1-9(10(2)14-4)11-7-5-6-8-13(11)12-3;1-4(2)3;1-2/h5-8,10H,3H2,1-2,4H3;4H,1-3H3;1H2/b11-9-;;. The molecule has 4 nitrogen and oxygen atoms in total. The molecular weight excluding hydrogens is 252 g/mol. The van der Waals surface area contributed by atoms with Crippen molar-refractivity contribution in [3.63, 3.8) is 0 Å². The van der Waals surface area contributed by atoms with Gasteiger partial charge in [0.2, 0.25) is 0 Å². The second kappa shape index (κ2) is 12.4. The quantitative estimate of drug-likeness (QED) is 0.739. The second-order valence-corrected chi connectivity index (χ2v) is 4.86. The summed E-state index contributed by atoms with van der Waals surface area (Å²) in [5.41, 5.74) is 2.16. The summed E-state index contributed by atoms with van der Waals surface area (Å²) >= 11 is 0. The lowest BCUT2D eigenvalue weighted by atomic mass is 10.1. The van der Waals surface area contributed by atoms with E-state index in [0.717, 1.165) is 17.2 Å². The van der Waals surface area contributed by atoms with Gasteiger partial charge in [0.15, 0.2) is 0 Å². The van der Waals surface area contributed by atoms with Gasteiger partial charge in [-0.1, -0.05) is 26.8 Å². The Kier molecular flexibility index (Phi) is 12.8. The molecule has 0 fully saturated rings. The first kappa shape index (κ1) is 20.6. The van der Waals surface area contributed by atoms with E-state index in [1.807, 2.05) is 45.1 Å². The lowest BCUT2D eigenvalue weighted by Crippen LogP contribution is -2.17. The fourth-order valence-electron chi connectivity index (χ4n) is 1.26. The topological polar surface area (TPSA) is 41.9 Å². The monoisotopic (exact) mass is 280 g/mol. The van der Waals surface area contributed by atoms with Crippen LogP contribution in [-0.4, -0.2) is 31.7 Å². The van der Waals surface area contributed by atoms with Crippen LogP contribution in [0.4, 0.5) is 0 Å². The fourth-order valence-corrected chi connectivity index (χ4v) is 1.26. The van der Waals surface area contributed by atoms with E-state index >= 15 is 0 Å². The van der Waals surface area contributed by atoms with E-state index in [9.17, 15) is 0 Å². The first-order valence-corrected chi connectivity index (χ1v) is 6.57. The second-order valence-electron chi connectivity index (χ2n) is 4.86. The van der Waals surface area contributed by atoms with Crippen LogP contribution >= 0.6 is 0 Å². The van der Waals surface area contributed by atoms with E-state index in [1.165, 1.54) is 0 Å². The molecule has 1 aliphatic heterocycles. The fraction of sp³-hybridized carbons (Fsp3) is 0.500. The normalized spacial score (nSPS) is 16.6. The molecule has 4 heteroatoms. The Bertz CT molecular complexity index is 355. The lowest BCUT2D eigenvalue weighted by molar-refractivity contribution is -0.0979. The van der Waals surface area contributed by atoms with Gasteiger partial charge in [0, 0.05) is 20.0 Å². The van der Waals surface area contributed by atoms with Gasteiger partial charge in [0.1, 0.15) is 6.79 Å². The highest BCUT2D eigenvalue weighted by Gasteiger charge is 2.12. The van der Waals surface area contributed by atoms with Crippen molar-refractivity contribution in [1.29, 1.82) is 0 Å². The molecule has 1 unspecified atom stereocenters. The predicted molar refractivity (Wildman–Crippen MR) is 86.5 cm³/mol. The largest absolute Gasteiger partial charge is 0.377 e. The summed E-state index contributed by atoms with van der Waals surface area (Å²) in [4.78, 5) is 8.00. The maximum Gasteiger partial charge on any atom is 0.106 e. The number of ether oxygens (including phenoxy) is 1. The molecule has 0 spiro atoms. The minimum Gasteiger partial charge on any atom is -0.377 e. The van der Waals surface area contributed by atoms with Crippen molar-refractivity contribution in [3.05, 3.63) is 35.7 Å². The summed E-state index contributed by atoms with van der Waals surface area (Å²) < 4.78 is 5.25. The summed E-state index contributed by atoms with van der Waals surface area (Å²) in [6.45, 7) is 16.1. The summed E-state index contributed by atoms with van der Waals surface area (Å²) in [6, 6.07) is 0. The number of carbonyl (C=O) groups excluding carboxylic acids is 1. The SMILES string of the molecule is C=NN1C=CC=C/C1=C(\C)C(C)OC.C=O.CC(C)C. The molecule has 1 atom stereocenters. The Morgan fingerprint density at radius 1 is 1.25 bits per heavy atom. The Balaban J connectivity index is 0. The van der Waals surface area contributed by atoms with E-state index in [-0.39, 0.29) is 6.10 Å². The Morgan fingerprint density at radius 3 is 2.15 bits per heavy atom. The number of allylic oxidation sites excluding steroid dienone is 3. The van der Waals surface area contributed by atoms with Crippen LogP contribution in [-0.2, 0) is 9.53 Å². The molecule has 114 valence electrons. The number of hydrazone groups is 1. The first-order chi connectivity index (χ1) is 9.43. The van der Waals surface area contributed by atoms with Crippen molar-refractivity contribution in [3.8, 4) is 0 Å². The highest BCUT2D eigenvalue weighted by molar-refractivity contribution is 5.34. The number of rotatable bonds is 3. The van der Waals surface area contributed by atoms with Crippen LogP contribution in [0.3, 0.4) is 0 Å². The third kappa shape index (κ3) is 8.43. The third-order valence-electron chi connectivity index (χ3n) is 2.36. The smallest absolute Gasteiger partial charge is 0.106 e. The van der Waals surface area contributed by atoms with Crippen molar-refractivity contribution in [2.75, 3.05) is 7.11 Å². The van der Waals surface area contributed by atoms with Crippen LogP contribution in [0.25, 0.3) is 0 Å². The zero-order chi connectivity index (χ0) is 16.1. The van der Waals surface area contributed by atoms with E-state index in [2.05, 4.69) is 32.6 Å². The van der Waals surface area contributed by atoms with E-state index in [0.29, 0.717) is 0 Å². The summed E-state index contributed by atoms with van der Waals surface area (Å²) in [7, 11) is 1.70. The van der Waals surface area contributed by atoms with Crippen LogP contribution < -0.4 is 0 Å². The van der Waals surface area contributed by atoms with Gasteiger partial charge in [0.25, 0.3) is 0 Å². The van der Waals surface area contributed by atoms with Crippen LogP contribution in [0.15, 0.2) is 40.8 Å². The van der Waals surface area contributed by atoms with Crippen LogP contribution in [0, 0.1) is 5.92 Å². The Hall–Kier alpha value is -1.68. The molecule has 20 heavy (non-hydrogen) atoms. The van der Waals surface area contributed by atoms with E-state index < -0.39 is 0 Å². The van der Waals surface area contributed by atoms with Crippen molar-refractivity contribution in [1.82, 2.24) is 5.01 Å². The van der Waals surface area contributed by atoms with E-state index in [1.54, 1.807) is 12.1 Å². The molecule has 1 heterocycles. The van der Waals surface area contributed by atoms with Crippen LogP contribution in [0.2, 0.25) is 0 Å². The number of carbonyl (C=O) groups is 1. The van der Waals surface area contributed by atoms with Crippen LogP contribution in [0.5, 0.6) is 0 Å². The van der Waals surface area contributed by atoms with Crippen molar-refractivity contribution in [2.24, 2.45) is 11.0 Å². The number of hydrogen-bond acceptors (Lipinski definition) is 4. The van der Waals surface area contributed by atoms with Gasteiger partial charge in [-0.3, -0.25) is 0 Å². The lowest BCUT2D eigenvalue weighted by Gasteiger charge is -2.22.